The summed E-state index contributed by atoms with van der Waals surface area (Å²) in [7, 11) is 3.11. The molecule has 2 rings (SSSR count). The fourth-order valence-corrected chi connectivity index (χ4v) is 3.84. The third-order valence-electron chi connectivity index (χ3n) is 4.56. The average Bonchev–Trinajstić information content (AvgIpc) is 3.03. The molecule has 1 unspecified atom stereocenters. The highest BCUT2D eigenvalue weighted by molar-refractivity contribution is 7.24. The maximum absolute atomic E-state index is 13.2. The normalized spacial score (nSPS) is 18.4. The van der Waals surface area contributed by atoms with Gasteiger partial charge in [0.25, 0.3) is 0 Å². The van der Waals surface area contributed by atoms with Crippen LogP contribution < -0.4 is 9.47 Å². The average molecular weight is 308 g/mol. The lowest BCUT2D eigenvalue weighted by Gasteiger charge is -2.31. The van der Waals surface area contributed by atoms with Gasteiger partial charge in [-0.2, -0.15) is 0 Å². The number of hydrogen-bond acceptors (Lipinski definition) is 4. The molecule has 1 aromatic carbocycles. The number of Topliss-reactive ketones (excluding diaryl/α,β-unsaturated/α-hetero) is 1. The quantitative estimate of drug-likeness (QED) is 0.586. The molecule has 0 aromatic heterocycles. The third-order valence-corrected chi connectivity index (χ3v) is 5.37. The molecular formula is C16H21O4P. The molecule has 0 aliphatic heterocycles. The van der Waals surface area contributed by atoms with E-state index in [1.165, 1.54) is 0 Å². The Morgan fingerprint density at radius 2 is 1.71 bits per heavy atom. The van der Waals surface area contributed by atoms with Crippen molar-refractivity contribution in [1.82, 2.24) is 0 Å². The fourth-order valence-electron chi connectivity index (χ4n) is 3.27. The van der Waals surface area contributed by atoms with Gasteiger partial charge >= 0.3 is 0 Å². The van der Waals surface area contributed by atoms with Crippen LogP contribution in [-0.2, 0) is 4.57 Å². The number of carbonyl (C=O) groups excluding carboxylic acids is 1. The maximum atomic E-state index is 13.2. The highest BCUT2D eigenvalue weighted by atomic mass is 31.1. The van der Waals surface area contributed by atoms with Gasteiger partial charge < -0.3 is 9.47 Å². The van der Waals surface area contributed by atoms with Crippen molar-refractivity contribution < 1.29 is 18.8 Å². The van der Waals surface area contributed by atoms with Gasteiger partial charge in [0.2, 0.25) is 0 Å². The van der Waals surface area contributed by atoms with Gasteiger partial charge in [-0.3, -0.25) is 9.36 Å². The van der Waals surface area contributed by atoms with E-state index in [0.717, 1.165) is 25.7 Å². The Morgan fingerprint density at radius 1 is 1.19 bits per heavy atom. The number of ketones is 1. The smallest absolute Gasteiger partial charge is 0.177 e. The molecule has 0 amide bonds. The molecule has 1 saturated carbocycles. The summed E-state index contributed by atoms with van der Waals surface area (Å²) in [5.74, 6) is 1.02. The number of benzene rings is 1. The molecule has 114 valence electrons. The Bertz CT molecular complexity index is 513. The van der Waals surface area contributed by atoms with E-state index < -0.39 is 5.41 Å². The lowest BCUT2D eigenvalue weighted by atomic mass is 9.75. The molecule has 4 nitrogen and oxygen atoms in total. The van der Waals surface area contributed by atoms with E-state index in [0.29, 0.717) is 17.1 Å². The first-order valence-electron chi connectivity index (χ1n) is 7.19. The fraction of sp³-hybridized carbons (Fsp3) is 0.562. The minimum Gasteiger partial charge on any atom is -0.496 e. The molecule has 1 aliphatic carbocycles. The van der Waals surface area contributed by atoms with Crippen LogP contribution in [0.3, 0.4) is 0 Å². The third kappa shape index (κ3) is 2.69. The zero-order valence-corrected chi connectivity index (χ0v) is 13.6. The predicted octanol–water partition coefficient (Wildman–Crippen LogP) is 4.13. The predicted molar refractivity (Wildman–Crippen MR) is 81.8 cm³/mol. The van der Waals surface area contributed by atoms with Crippen LogP contribution in [0.15, 0.2) is 18.2 Å². The number of ether oxygens (including phenoxy) is 2. The molecule has 5 heteroatoms. The maximum Gasteiger partial charge on any atom is 0.177 e. The second kappa shape index (κ2) is 6.57. The number of hydrogen-bond donors (Lipinski definition) is 0. The van der Waals surface area contributed by atoms with Crippen LogP contribution in [0.1, 0.15) is 43.0 Å². The van der Waals surface area contributed by atoms with Crippen molar-refractivity contribution in [3.05, 3.63) is 23.8 Å². The van der Waals surface area contributed by atoms with Gasteiger partial charge in [-0.25, -0.2) is 0 Å². The summed E-state index contributed by atoms with van der Waals surface area (Å²) in [6.45, 7) is 1.87. The van der Waals surface area contributed by atoms with E-state index in [-0.39, 0.29) is 19.9 Å². The SMILES string of the molecule is COc1cccc(OC)c1C(=O)C1(C(C)P=O)CCCC1. The summed E-state index contributed by atoms with van der Waals surface area (Å²) < 4.78 is 22.1. The van der Waals surface area contributed by atoms with Gasteiger partial charge in [-0.05, 0) is 25.0 Å². The summed E-state index contributed by atoms with van der Waals surface area (Å²) in [5, 5.41) is 0. The molecular weight excluding hydrogens is 287 g/mol. The molecule has 1 atom stereocenters. The number of rotatable bonds is 6. The van der Waals surface area contributed by atoms with Crippen molar-refractivity contribution in [2.75, 3.05) is 14.2 Å². The largest absolute Gasteiger partial charge is 0.496 e. The number of methoxy groups -OCH3 is 2. The van der Waals surface area contributed by atoms with Crippen molar-refractivity contribution in [2.45, 2.75) is 38.3 Å². The van der Waals surface area contributed by atoms with Crippen LogP contribution in [-0.4, -0.2) is 25.7 Å². The van der Waals surface area contributed by atoms with Crippen LogP contribution in [0.5, 0.6) is 11.5 Å². The first-order valence-corrected chi connectivity index (χ1v) is 8.07. The van der Waals surface area contributed by atoms with E-state index in [2.05, 4.69) is 0 Å². The van der Waals surface area contributed by atoms with Crippen molar-refractivity contribution in [3.8, 4) is 11.5 Å². The Labute approximate surface area is 127 Å². The van der Waals surface area contributed by atoms with E-state index in [1.54, 1.807) is 32.4 Å². The van der Waals surface area contributed by atoms with Crippen molar-refractivity contribution in [3.63, 3.8) is 0 Å². The van der Waals surface area contributed by atoms with Crippen LogP contribution in [0.2, 0.25) is 0 Å². The molecule has 0 spiro atoms. The summed E-state index contributed by atoms with van der Waals surface area (Å²) >= 11 is 0. The second-order valence-electron chi connectivity index (χ2n) is 5.51. The lowest BCUT2D eigenvalue weighted by Crippen LogP contribution is -2.36. The van der Waals surface area contributed by atoms with Crippen molar-refractivity contribution >= 4 is 14.2 Å². The van der Waals surface area contributed by atoms with E-state index in [9.17, 15) is 9.36 Å². The minimum absolute atomic E-state index is 0.00912. The first kappa shape index (κ1) is 16.0. The monoisotopic (exact) mass is 308 g/mol. The molecule has 0 saturated heterocycles. The van der Waals surface area contributed by atoms with Gasteiger partial charge in [-0.15, -0.1) is 0 Å². The first-order chi connectivity index (χ1) is 10.1. The molecule has 21 heavy (non-hydrogen) atoms. The van der Waals surface area contributed by atoms with E-state index >= 15 is 0 Å². The summed E-state index contributed by atoms with van der Waals surface area (Å²) in [5.41, 5.74) is -0.312. The van der Waals surface area contributed by atoms with E-state index in [1.807, 2.05) is 6.92 Å². The van der Waals surface area contributed by atoms with Gasteiger partial charge in [0.05, 0.1) is 14.2 Å². The Morgan fingerprint density at radius 3 is 2.14 bits per heavy atom. The molecule has 1 aliphatic rings. The van der Waals surface area contributed by atoms with Crippen molar-refractivity contribution in [2.24, 2.45) is 5.41 Å². The Hall–Kier alpha value is -1.41. The zero-order valence-electron chi connectivity index (χ0n) is 12.7. The summed E-state index contributed by atoms with van der Waals surface area (Å²) in [6.07, 6.45) is 3.51. The van der Waals surface area contributed by atoms with Crippen molar-refractivity contribution in [1.29, 1.82) is 0 Å². The van der Waals surface area contributed by atoms with E-state index in [4.69, 9.17) is 9.47 Å². The topological polar surface area (TPSA) is 52.6 Å². The molecule has 0 N–H and O–H groups in total. The summed E-state index contributed by atoms with van der Waals surface area (Å²) in [4.78, 5) is 13.2. The Kier molecular flexibility index (Phi) is 5.00. The summed E-state index contributed by atoms with van der Waals surface area (Å²) in [6, 6.07) is 5.32. The zero-order chi connectivity index (χ0) is 15.5. The van der Waals surface area contributed by atoms with Crippen LogP contribution in [0.4, 0.5) is 0 Å². The standard InChI is InChI=1S/C16H21O4P/c1-11(21-18)16(9-4-5-10-16)15(17)14-12(19-2)7-6-8-13(14)20-3/h6-8,11H,4-5,9-10H2,1-3H3. The van der Waals surface area contributed by atoms with Gasteiger partial charge in [0.15, 0.2) is 14.2 Å². The Balaban J connectivity index is 2.54. The highest BCUT2D eigenvalue weighted by Crippen LogP contribution is 2.49. The highest BCUT2D eigenvalue weighted by Gasteiger charge is 2.47. The van der Waals surface area contributed by atoms with Gasteiger partial charge in [0, 0.05) is 11.1 Å². The molecule has 0 heterocycles. The molecule has 1 aromatic rings. The molecule has 1 fully saturated rings. The van der Waals surface area contributed by atoms with Crippen LogP contribution in [0, 0.1) is 5.41 Å². The van der Waals surface area contributed by atoms with Gasteiger partial charge in [-0.1, -0.05) is 25.8 Å². The van der Waals surface area contributed by atoms with Crippen LogP contribution in [0.25, 0.3) is 0 Å². The van der Waals surface area contributed by atoms with Gasteiger partial charge in [0.1, 0.15) is 17.1 Å². The molecule has 0 bridgehead atoms. The minimum atomic E-state index is -0.578. The lowest BCUT2D eigenvalue weighted by molar-refractivity contribution is 0.0790. The molecule has 0 radical (unpaired) electrons. The number of carbonyl (C=O) groups is 1. The second-order valence-corrected chi connectivity index (χ2v) is 6.50. The van der Waals surface area contributed by atoms with Crippen LogP contribution >= 0.6 is 8.46 Å².